The number of hydrogen-bond donors (Lipinski definition) is 2. The highest BCUT2D eigenvalue weighted by atomic mass is 16.7. The maximum atomic E-state index is 12.1. The second-order valence-corrected chi connectivity index (χ2v) is 7.33. The minimum atomic E-state index is -0.194. The Hall–Kier alpha value is -3.68. The topological polar surface area (TPSA) is 81.2 Å². The lowest BCUT2D eigenvalue weighted by molar-refractivity contribution is -0.134. The first-order valence-corrected chi connectivity index (χ1v) is 10.9. The second kappa shape index (κ2) is 14.4. The predicted octanol–water partition coefficient (Wildman–Crippen LogP) is 4.66. The molecule has 0 bridgehead atoms. The van der Waals surface area contributed by atoms with Gasteiger partial charge in [0.15, 0.2) is 5.84 Å². The van der Waals surface area contributed by atoms with E-state index in [1.54, 1.807) is 0 Å². The Kier molecular flexibility index (Phi) is 10.5. The Morgan fingerprint density at radius 2 is 1.12 bits per heavy atom. The smallest absolute Gasteiger partial charge is 0.243 e. The molecule has 172 valence electrons. The number of nitrogens with one attached hydrogen (secondary N) is 2. The summed E-state index contributed by atoms with van der Waals surface area (Å²) in [4.78, 5) is 28.4. The van der Waals surface area contributed by atoms with E-state index in [1.165, 1.54) is 0 Å². The van der Waals surface area contributed by atoms with Crippen LogP contribution in [0.5, 0.6) is 0 Å². The van der Waals surface area contributed by atoms with Gasteiger partial charge >= 0.3 is 0 Å². The van der Waals surface area contributed by atoms with Crippen LogP contribution in [0.2, 0.25) is 0 Å². The van der Waals surface area contributed by atoms with Gasteiger partial charge < -0.3 is 4.84 Å². The van der Waals surface area contributed by atoms with Crippen LogP contribution < -0.4 is 11.0 Å². The molecule has 7 nitrogen and oxygen atoms in total. The summed E-state index contributed by atoms with van der Waals surface area (Å²) in [5.74, 6) is 0.320. The third kappa shape index (κ3) is 9.99. The van der Waals surface area contributed by atoms with Gasteiger partial charge in [-0.2, -0.15) is 0 Å². The molecule has 0 aliphatic carbocycles. The first-order chi connectivity index (χ1) is 16.3. The predicted molar refractivity (Wildman–Crippen MR) is 126 cm³/mol. The van der Waals surface area contributed by atoms with Gasteiger partial charge in [-0.15, -0.1) is 0 Å². The van der Waals surface area contributed by atoms with Crippen molar-refractivity contribution < 1.29 is 19.3 Å². The molecule has 0 heterocycles. The lowest BCUT2D eigenvalue weighted by Crippen LogP contribution is -2.26. The molecule has 0 aromatic heterocycles. The molecule has 3 aromatic rings. The zero-order chi connectivity index (χ0) is 23.0. The van der Waals surface area contributed by atoms with Crippen molar-refractivity contribution in [1.29, 1.82) is 0 Å². The van der Waals surface area contributed by atoms with Gasteiger partial charge in [-0.3, -0.25) is 14.5 Å². The molecule has 3 rings (SSSR count). The molecular weight excluding hydrogens is 418 g/mol. The van der Waals surface area contributed by atoms with Crippen LogP contribution in [0.15, 0.2) is 96.2 Å². The van der Waals surface area contributed by atoms with E-state index < -0.39 is 0 Å². The average Bonchev–Trinajstić information content (AvgIpc) is 2.86. The first kappa shape index (κ1) is 24.0. The molecule has 0 atom stereocenters. The highest BCUT2D eigenvalue weighted by Crippen LogP contribution is 2.05. The number of oxime groups is 1. The molecule has 0 fully saturated rings. The molecule has 0 unspecified atom stereocenters. The third-order valence-corrected chi connectivity index (χ3v) is 4.61. The van der Waals surface area contributed by atoms with Crippen LogP contribution in [0.3, 0.4) is 0 Å². The van der Waals surface area contributed by atoms with Crippen LogP contribution in [0.4, 0.5) is 0 Å². The summed E-state index contributed by atoms with van der Waals surface area (Å²) in [7, 11) is 0. The van der Waals surface area contributed by atoms with Crippen LogP contribution in [-0.4, -0.2) is 11.7 Å². The van der Waals surface area contributed by atoms with Crippen molar-refractivity contribution >= 4 is 11.7 Å². The van der Waals surface area contributed by atoms with Gasteiger partial charge in [0.05, 0.1) is 13.2 Å². The van der Waals surface area contributed by atoms with E-state index >= 15 is 0 Å². The van der Waals surface area contributed by atoms with Crippen molar-refractivity contribution in [3.05, 3.63) is 108 Å². The van der Waals surface area contributed by atoms with E-state index in [4.69, 9.17) is 14.5 Å². The van der Waals surface area contributed by atoms with E-state index in [1.807, 2.05) is 91.0 Å². The van der Waals surface area contributed by atoms with Crippen molar-refractivity contribution in [3.63, 3.8) is 0 Å². The van der Waals surface area contributed by atoms with E-state index in [9.17, 15) is 4.79 Å². The zero-order valence-corrected chi connectivity index (χ0v) is 18.5. The third-order valence-electron chi connectivity index (χ3n) is 4.61. The molecule has 0 saturated heterocycles. The summed E-state index contributed by atoms with van der Waals surface area (Å²) in [5, 5.41) is 4.17. The van der Waals surface area contributed by atoms with Gasteiger partial charge in [-0.25, -0.2) is 11.0 Å². The van der Waals surface area contributed by atoms with Gasteiger partial charge in [0.2, 0.25) is 5.91 Å². The molecule has 2 N–H and O–H groups in total. The van der Waals surface area contributed by atoms with Gasteiger partial charge in [-0.05, 0) is 23.1 Å². The number of amidine groups is 1. The Morgan fingerprint density at radius 1 is 0.636 bits per heavy atom. The highest BCUT2D eigenvalue weighted by molar-refractivity contribution is 5.81. The van der Waals surface area contributed by atoms with E-state index in [0.717, 1.165) is 16.7 Å². The van der Waals surface area contributed by atoms with Gasteiger partial charge in [0.25, 0.3) is 0 Å². The van der Waals surface area contributed by atoms with Crippen LogP contribution in [0.1, 0.15) is 36.0 Å². The van der Waals surface area contributed by atoms with Gasteiger partial charge in [-0.1, -0.05) is 96.2 Å². The van der Waals surface area contributed by atoms with Crippen molar-refractivity contribution in [2.75, 3.05) is 0 Å². The SMILES string of the molecule is O=C(CCC/C(=N/OCc1ccccc1)NOCc1ccccc1)NOCc1ccccc1. The molecular formula is C26H29N3O4. The summed E-state index contributed by atoms with van der Waals surface area (Å²) in [5.41, 5.74) is 8.36. The standard InChI is InChI=1S/C26H29N3O4/c30-26(29-33-21-24-15-8-3-9-16-24)18-10-17-25(27-31-19-22-11-4-1-5-12-22)28-32-20-23-13-6-2-7-14-23/h1-9,11-16H,10,17-21H2,(H,27,28)(H,29,30). The summed E-state index contributed by atoms with van der Waals surface area (Å²) in [6, 6.07) is 29.2. The number of hydrogen-bond acceptors (Lipinski definition) is 5. The molecule has 0 spiro atoms. The molecule has 0 aliphatic rings. The van der Waals surface area contributed by atoms with E-state index in [0.29, 0.717) is 38.5 Å². The maximum Gasteiger partial charge on any atom is 0.243 e. The van der Waals surface area contributed by atoms with Crippen molar-refractivity contribution in [2.24, 2.45) is 5.16 Å². The van der Waals surface area contributed by atoms with Crippen LogP contribution in [0.25, 0.3) is 0 Å². The quantitative estimate of drug-likeness (QED) is 0.226. The summed E-state index contributed by atoms with van der Waals surface area (Å²) in [6.45, 7) is 1.05. The largest absolute Gasteiger partial charge is 0.389 e. The molecule has 33 heavy (non-hydrogen) atoms. The lowest BCUT2D eigenvalue weighted by Gasteiger charge is -2.11. The normalized spacial score (nSPS) is 11.1. The molecule has 7 heteroatoms. The minimum absolute atomic E-state index is 0.194. The minimum Gasteiger partial charge on any atom is -0.389 e. The fourth-order valence-corrected chi connectivity index (χ4v) is 2.89. The molecule has 1 amide bonds. The zero-order valence-electron chi connectivity index (χ0n) is 18.5. The van der Waals surface area contributed by atoms with E-state index in [2.05, 4.69) is 16.1 Å². The number of carbonyl (C=O) groups is 1. The monoisotopic (exact) mass is 447 g/mol. The highest BCUT2D eigenvalue weighted by Gasteiger charge is 2.06. The molecule has 0 radical (unpaired) electrons. The average molecular weight is 448 g/mol. The Balaban J connectivity index is 1.41. The fraction of sp³-hybridized carbons (Fsp3) is 0.231. The number of rotatable bonds is 13. The summed E-state index contributed by atoms with van der Waals surface area (Å²) in [6.07, 6.45) is 1.32. The van der Waals surface area contributed by atoms with Crippen molar-refractivity contribution in [1.82, 2.24) is 11.0 Å². The molecule has 3 aromatic carbocycles. The Morgan fingerprint density at radius 3 is 1.67 bits per heavy atom. The van der Waals surface area contributed by atoms with E-state index in [-0.39, 0.29) is 12.3 Å². The maximum absolute atomic E-state index is 12.1. The molecule has 0 saturated carbocycles. The summed E-state index contributed by atoms with van der Waals surface area (Å²) < 4.78 is 0. The van der Waals surface area contributed by atoms with Crippen molar-refractivity contribution in [2.45, 2.75) is 39.1 Å². The second-order valence-electron chi connectivity index (χ2n) is 7.33. The van der Waals surface area contributed by atoms with Crippen LogP contribution >= 0.6 is 0 Å². The molecule has 0 aliphatic heterocycles. The van der Waals surface area contributed by atoms with Gasteiger partial charge in [0.1, 0.15) is 6.61 Å². The number of hydroxylamine groups is 2. The number of nitrogens with zero attached hydrogens (tertiary/aromatic N) is 1. The van der Waals surface area contributed by atoms with Crippen molar-refractivity contribution in [3.8, 4) is 0 Å². The van der Waals surface area contributed by atoms with Crippen LogP contribution in [0, 0.1) is 0 Å². The lowest BCUT2D eigenvalue weighted by atomic mass is 10.2. The number of amides is 1. The van der Waals surface area contributed by atoms with Crippen LogP contribution in [-0.2, 0) is 39.1 Å². The number of carbonyl (C=O) groups excluding carboxylic acids is 1. The number of benzene rings is 3. The first-order valence-electron chi connectivity index (χ1n) is 10.9. The van der Waals surface area contributed by atoms with Gasteiger partial charge in [0, 0.05) is 12.8 Å². The Bertz CT molecular complexity index is 967. The summed E-state index contributed by atoms with van der Waals surface area (Å²) >= 11 is 0. The fourth-order valence-electron chi connectivity index (χ4n) is 2.89. The Labute approximate surface area is 194 Å².